The second-order valence-corrected chi connectivity index (χ2v) is 6.25. The minimum absolute atomic E-state index is 0.0290. The fraction of sp³-hybridized carbons (Fsp3) is 1.00. The molecule has 0 radical (unpaired) electrons. The first kappa shape index (κ1) is 14.9. The van der Waals surface area contributed by atoms with Crippen LogP contribution in [0.15, 0.2) is 0 Å². The molecule has 0 aromatic rings. The summed E-state index contributed by atoms with van der Waals surface area (Å²) < 4.78 is 5.52. The highest BCUT2D eigenvalue weighted by Crippen LogP contribution is 2.26. The molecular formula is C14H30N2O. The second kappa shape index (κ2) is 6.17. The topological polar surface area (TPSA) is 38.5 Å². The molecule has 3 heteroatoms. The van der Waals surface area contributed by atoms with Gasteiger partial charge >= 0.3 is 0 Å². The predicted octanol–water partition coefficient (Wildman–Crippen LogP) is 2.39. The summed E-state index contributed by atoms with van der Waals surface area (Å²) in [5, 5.41) is 0. The molecule has 1 aliphatic rings. The van der Waals surface area contributed by atoms with E-state index in [-0.39, 0.29) is 5.60 Å². The molecule has 1 aliphatic carbocycles. The first-order valence-corrected chi connectivity index (χ1v) is 6.88. The van der Waals surface area contributed by atoms with Crippen LogP contribution in [0.1, 0.15) is 52.9 Å². The highest BCUT2D eigenvalue weighted by molar-refractivity contribution is 4.84. The van der Waals surface area contributed by atoms with Gasteiger partial charge in [-0.2, -0.15) is 0 Å². The lowest BCUT2D eigenvalue weighted by molar-refractivity contribution is -0.0105. The molecule has 0 saturated heterocycles. The Hall–Kier alpha value is -0.120. The zero-order valence-electron chi connectivity index (χ0n) is 12.2. The van der Waals surface area contributed by atoms with Crippen molar-refractivity contribution in [2.24, 2.45) is 5.73 Å². The Morgan fingerprint density at radius 1 is 1.29 bits per heavy atom. The molecule has 0 aromatic heterocycles. The van der Waals surface area contributed by atoms with Gasteiger partial charge in [0.1, 0.15) is 0 Å². The Kier molecular flexibility index (Phi) is 5.42. The van der Waals surface area contributed by atoms with Crippen molar-refractivity contribution in [2.75, 3.05) is 14.2 Å². The highest BCUT2D eigenvalue weighted by Gasteiger charge is 2.28. The van der Waals surface area contributed by atoms with Gasteiger partial charge in [-0.05, 0) is 59.9 Å². The zero-order valence-corrected chi connectivity index (χ0v) is 12.2. The second-order valence-electron chi connectivity index (χ2n) is 6.25. The molecule has 3 nitrogen and oxygen atoms in total. The van der Waals surface area contributed by atoms with Gasteiger partial charge in [-0.1, -0.05) is 0 Å². The molecule has 1 atom stereocenters. The normalized spacial score (nSPS) is 28.4. The first-order chi connectivity index (χ1) is 7.85. The van der Waals surface area contributed by atoms with Crippen molar-refractivity contribution in [1.29, 1.82) is 0 Å². The molecule has 0 amide bonds. The number of hydrogen-bond acceptors (Lipinski definition) is 3. The summed E-state index contributed by atoms with van der Waals surface area (Å²) in [5.41, 5.74) is 5.93. The number of methoxy groups -OCH3 is 1. The third kappa shape index (κ3) is 4.57. The van der Waals surface area contributed by atoms with E-state index in [1.54, 1.807) is 7.11 Å². The molecule has 0 aromatic carbocycles. The van der Waals surface area contributed by atoms with E-state index in [1.807, 2.05) is 0 Å². The van der Waals surface area contributed by atoms with Gasteiger partial charge in [0.25, 0.3) is 0 Å². The monoisotopic (exact) mass is 242 g/mol. The highest BCUT2D eigenvalue weighted by atomic mass is 16.5. The number of hydrogen-bond donors (Lipinski definition) is 1. The molecule has 0 bridgehead atoms. The summed E-state index contributed by atoms with van der Waals surface area (Å²) in [5.74, 6) is 0. The van der Waals surface area contributed by atoms with Crippen molar-refractivity contribution in [2.45, 2.75) is 76.6 Å². The van der Waals surface area contributed by atoms with Crippen molar-refractivity contribution >= 4 is 0 Å². The first-order valence-electron chi connectivity index (χ1n) is 6.88. The van der Waals surface area contributed by atoms with Gasteiger partial charge < -0.3 is 15.4 Å². The number of nitrogens with zero attached hydrogens (tertiary/aromatic N) is 1. The van der Waals surface area contributed by atoms with Crippen LogP contribution in [0, 0.1) is 0 Å². The van der Waals surface area contributed by atoms with Gasteiger partial charge in [0, 0.05) is 25.2 Å². The third-order valence-corrected chi connectivity index (χ3v) is 4.35. The minimum atomic E-state index is -0.0290. The van der Waals surface area contributed by atoms with Gasteiger partial charge in [0.2, 0.25) is 0 Å². The number of ether oxygens (including phenoxy) is 1. The summed E-state index contributed by atoms with van der Waals surface area (Å²) >= 11 is 0. The molecule has 102 valence electrons. The van der Waals surface area contributed by atoms with Crippen molar-refractivity contribution in [3.05, 3.63) is 0 Å². The molecule has 1 unspecified atom stereocenters. The van der Waals surface area contributed by atoms with E-state index in [1.165, 1.54) is 25.7 Å². The third-order valence-electron chi connectivity index (χ3n) is 4.35. The van der Waals surface area contributed by atoms with Crippen molar-refractivity contribution in [1.82, 2.24) is 4.90 Å². The van der Waals surface area contributed by atoms with Gasteiger partial charge in [-0.15, -0.1) is 0 Å². The van der Waals surface area contributed by atoms with Crippen LogP contribution in [-0.4, -0.2) is 42.8 Å². The maximum atomic E-state index is 5.96. The van der Waals surface area contributed by atoms with Gasteiger partial charge in [-0.3, -0.25) is 0 Å². The van der Waals surface area contributed by atoms with Crippen LogP contribution in [0.25, 0.3) is 0 Å². The molecule has 1 rings (SSSR count). The lowest BCUT2D eigenvalue weighted by Crippen LogP contribution is -2.45. The Balaban J connectivity index is 2.43. The van der Waals surface area contributed by atoms with Crippen LogP contribution < -0.4 is 5.73 Å². The molecule has 1 fully saturated rings. The molecule has 0 heterocycles. The van der Waals surface area contributed by atoms with E-state index < -0.39 is 0 Å². The van der Waals surface area contributed by atoms with E-state index in [0.717, 1.165) is 6.42 Å². The van der Waals surface area contributed by atoms with Crippen LogP contribution >= 0.6 is 0 Å². The van der Waals surface area contributed by atoms with E-state index in [4.69, 9.17) is 10.5 Å². The van der Waals surface area contributed by atoms with E-state index in [2.05, 4.69) is 32.7 Å². The van der Waals surface area contributed by atoms with Gasteiger partial charge in [0.15, 0.2) is 0 Å². The van der Waals surface area contributed by atoms with E-state index >= 15 is 0 Å². The summed E-state index contributed by atoms with van der Waals surface area (Å²) in [6.07, 6.45) is 5.91. The molecule has 2 N–H and O–H groups in total. The lowest BCUT2D eigenvalue weighted by Gasteiger charge is -2.39. The summed E-state index contributed by atoms with van der Waals surface area (Å²) in [6, 6.07) is 1.70. The molecule has 17 heavy (non-hydrogen) atoms. The Morgan fingerprint density at radius 2 is 1.82 bits per heavy atom. The molecule has 0 spiro atoms. The van der Waals surface area contributed by atoms with Crippen molar-refractivity contribution in [3.63, 3.8) is 0 Å². The smallest absolute Gasteiger partial charge is 0.0637 e. The van der Waals surface area contributed by atoms with E-state index in [0.29, 0.717) is 18.1 Å². The standard InChI is InChI=1S/C14H30N2O/c1-11(10-14(2,3)17-5)16(4)13-8-6-12(15)7-9-13/h11-13H,6-10,15H2,1-5H3. The average molecular weight is 242 g/mol. The average Bonchev–Trinajstić information content (AvgIpc) is 2.28. The fourth-order valence-corrected chi connectivity index (χ4v) is 2.81. The maximum absolute atomic E-state index is 5.96. The number of nitrogens with two attached hydrogens (primary N) is 1. The Labute approximate surface area is 107 Å². The van der Waals surface area contributed by atoms with Crippen LogP contribution in [-0.2, 0) is 4.74 Å². The SMILES string of the molecule is COC(C)(C)CC(C)N(C)C1CCC(N)CC1. The zero-order chi connectivity index (χ0) is 13.1. The largest absolute Gasteiger partial charge is 0.379 e. The molecule has 0 aliphatic heterocycles. The predicted molar refractivity (Wildman–Crippen MR) is 73.2 cm³/mol. The van der Waals surface area contributed by atoms with Gasteiger partial charge in [-0.25, -0.2) is 0 Å². The fourth-order valence-electron chi connectivity index (χ4n) is 2.81. The quantitative estimate of drug-likeness (QED) is 0.804. The number of rotatable bonds is 5. The minimum Gasteiger partial charge on any atom is -0.379 e. The van der Waals surface area contributed by atoms with Crippen LogP contribution in [0.4, 0.5) is 0 Å². The maximum Gasteiger partial charge on any atom is 0.0637 e. The van der Waals surface area contributed by atoms with Crippen LogP contribution in [0.3, 0.4) is 0 Å². The molecular weight excluding hydrogens is 212 g/mol. The van der Waals surface area contributed by atoms with Crippen molar-refractivity contribution in [3.8, 4) is 0 Å². The summed E-state index contributed by atoms with van der Waals surface area (Å²) in [6.45, 7) is 6.62. The van der Waals surface area contributed by atoms with Crippen LogP contribution in [0.2, 0.25) is 0 Å². The van der Waals surface area contributed by atoms with E-state index in [9.17, 15) is 0 Å². The molecule has 1 saturated carbocycles. The summed E-state index contributed by atoms with van der Waals surface area (Å²) in [4.78, 5) is 2.52. The van der Waals surface area contributed by atoms with Crippen LogP contribution in [0.5, 0.6) is 0 Å². The Bertz CT molecular complexity index is 222. The summed E-state index contributed by atoms with van der Waals surface area (Å²) in [7, 11) is 4.05. The van der Waals surface area contributed by atoms with Crippen molar-refractivity contribution < 1.29 is 4.74 Å². The van der Waals surface area contributed by atoms with Gasteiger partial charge in [0.05, 0.1) is 5.60 Å². The Morgan fingerprint density at radius 3 is 2.29 bits per heavy atom. The lowest BCUT2D eigenvalue weighted by atomic mass is 9.89.